The van der Waals surface area contributed by atoms with E-state index in [1.165, 1.54) is 23.1 Å². The monoisotopic (exact) mass is 390 g/mol. The summed E-state index contributed by atoms with van der Waals surface area (Å²) in [6, 6.07) is 9.72. The highest BCUT2D eigenvalue weighted by molar-refractivity contribution is 7.99. The predicted molar refractivity (Wildman–Crippen MR) is 107 cm³/mol. The van der Waals surface area contributed by atoms with Gasteiger partial charge in [-0.05, 0) is 48.2 Å². The first-order valence-corrected chi connectivity index (χ1v) is 10.3. The zero-order valence-electron chi connectivity index (χ0n) is 15.4. The molecule has 0 spiro atoms. The molecule has 0 bridgehead atoms. The molecule has 0 atom stereocenters. The Morgan fingerprint density at radius 1 is 1.15 bits per heavy atom. The third-order valence-corrected chi connectivity index (χ3v) is 5.78. The molecule has 0 radical (unpaired) electrons. The van der Waals surface area contributed by atoms with E-state index in [4.69, 9.17) is 0 Å². The van der Waals surface area contributed by atoms with Crippen LogP contribution in [0.1, 0.15) is 23.1 Å². The second-order valence-electron chi connectivity index (χ2n) is 6.77. The molecule has 1 N–H and O–H groups in total. The van der Waals surface area contributed by atoms with E-state index in [1.807, 2.05) is 30.8 Å². The van der Waals surface area contributed by atoms with Crippen molar-refractivity contribution in [3.8, 4) is 0 Å². The zero-order valence-corrected chi connectivity index (χ0v) is 16.2. The first-order chi connectivity index (χ1) is 13.0. The Morgan fingerprint density at radius 2 is 1.93 bits per heavy atom. The van der Waals surface area contributed by atoms with Crippen molar-refractivity contribution in [3.63, 3.8) is 0 Å². The van der Waals surface area contributed by atoms with Crippen molar-refractivity contribution >= 4 is 23.4 Å². The fourth-order valence-electron chi connectivity index (χ4n) is 3.16. The first-order valence-electron chi connectivity index (χ1n) is 9.15. The number of anilines is 1. The number of rotatable bonds is 6. The number of carbonyl (C=O) groups is 1. The van der Waals surface area contributed by atoms with E-state index in [0.29, 0.717) is 12.0 Å². The van der Waals surface area contributed by atoms with Crippen LogP contribution in [0.25, 0.3) is 0 Å². The minimum absolute atomic E-state index is 0.130. The van der Waals surface area contributed by atoms with E-state index in [-0.39, 0.29) is 12.3 Å². The number of amides is 1. The van der Waals surface area contributed by atoms with Crippen molar-refractivity contribution < 1.29 is 13.6 Å². The van der Waals surface area contributed by atoms with Gasteiger partial charge in [-0.3, -0.25) is 9.69 Å². The molecule has 0 aliphatic carbocycles. The van der Waals surface area contributed by atoms with Gasteiger partial charge in [0.05, 0.1) is 0 Å². The molecule has 0 unspecified atom stereocenters. The Morgan fingerprint density at radius 3 is 2.67 bits per heavy atom. The normalized spacial score (nSPS) is 14.9. The molecule has 1 aliphatic heterocycles. The van der Waals surface area contributed by atoms with Crippen LogP contribution in [-0.4, -0.2) is 35.4 Å². The van der Waals surface area contributed by atoms with Crippen molar-refractivity contribution in [3.05, 3.63) is 64.7 Å². The van der Waals surface area contributed by atoms with Gasteiger partial charge in [-0.2, -0.15) is 11.8 Å². The molecule has 0 saturated carbocycles. The summed E-state index contributed by atoms with van der Waals surface area (Å²) in [5, 5.41) is 2.95. The van der Waals surface area contributed by atoms with E-state index in [2.05, 4.69) is 16.3 Å². The lowest BCUT2D eigenvalue weighted by Crippen LogP contribution is -2.32. The smallest absolute Gasteiger partial charge is 0.224 e. The second-order valence-corrected chi connectivity index (χ2v) is 8.00. The lowest BCUT2D eigenvalue weighted by atomic mass is 10.1. The van der Waals surface area contributed by atoms with Crippen LogP contribution in [0, 0.1) is 18.6 Å². The van der Waals surface area contributed by atoms with Gasteiger partial charge in [0.15, 0.2) is 11.6 Å². The molecule has 2 aromatic carbocycles. The molecule has 1 saturated heterocycles. The summed E-state index contributed by atoms with van der Waals surface area (Å²) < 4.78 is 26.2. The Bertz CT molecular complexity index is 807. The summed E-state index contributed by atoms with van der Waals surface area (Å²) in [6.07, 6.45) is 0.589. The third kappa shape index (κ3) is 5.53. The minimum Gasteiger partial charge on any atom is -0.326 e. The average molecular weight is 390 g/mol. The van der Waals surface area contributed by atoms with Gasteiger partial charge in [-0.1, -0.05) is 18.2 Å². The highest BCUT2D eigenvalue weighted by Crippen LogP contribution is 2.22. The number of halogens is 2. The fraction of sp³-hybridized carbons (Fsp3) is 0.381. The lowest BCUT2D eigenvalue weighted by molar-refractivity contribution is -0.116. The fourth-order valence-corrected chi connectivity index (χ4v) is 4.13. The second kappa shape index (κ2) is 9.33. The Hall–Kier alpha value is -1.92. The maximum Gasteiger partial charge on any atom is 0.224 e. The standard InChI is InChI=1S/C21H24F2N2OS/c1-15-17(14-25-9-11-27-12-10-25)3-2-4-20(15)24-21(26)8-6-16-5-7-18(22)19(23)13-16/h2-5,7,13H,6,8-12,14H2,1H3,(H,24,26). The van der Waals surface area contributed by atoms with Gasteiger partial charge >= 0.3 is 0 Å². The van der Waals surface area contributed by atoms with Crippen LogP contribution in [0.5, 0.6) is 0 Å². The van der Waals surface area contributed by atoms with Gasteiger partial charge in [0.1, 0.15) is 0 Å². The van der Waals surface area contributed by atoms with Crippen LogP contribution in [0.2, 0.25) is 0 Å². The molecule has 6 heteroatoms. The molecule has 27 heavy (non-hydrogen) atoms. The topological polar surface area (TPSA) is 32.3 Å². The van der Waals surface area contributed by atoms with Crippen molar-refractivity contribution in [1.29, 1.82) is 0 Å². The summed E-state index contributed by atoms with van der Waals surface area (Å²) in [7, 11) is 0. The molecule has 144 valence electrons. The van der Waals surface area contributed by atoms with Gasteiger partial charge in [0.2, 0.25) is 5.91 Å². The van der Waals surface area contributed by atoms with Crippen molar-refractivity contribution in [2.75, 3.05) is 29.9 Å². The van der Waals surface area contributed by atoms with Crippen LogP contribution in [-0.2, 0) is 17.8 Å². The van der Waals surface area contributed by atoms with E-state index < -0.39 is 11.6 Å². The van der Waals surface area contributed by atoms with E-state index >= 15 is 0 Å². The van der Waals surface area contributed by atoms with Crippen molar-refractivity contribution in [1.82, 2.24) is 4.90 Å². The van der Waals surface area contributed by atoms with Crippen molar-refractivity contribution in [2.45, 2.75) is 26.3 Å². The quantitative estimate of drug-likeness (QED) is 0.794. The van der Waals surface area contributed by atoms with Crippen LogP contribution < -0.4 is 5.32 Å². The van der Waals surface area contributed by atoms with Crippen LogP contribution in [0.4, 0.5) is 14.5 Å². The van der Waals surface area contributed by atoms with E-state index in [1.54, 1.807) is 0 Å². The maximum atomic E-state index is 13.3. The van der Waals surface area contributed by atoms with E-state index in [9.17, 15) is 13.6 Å². The summed E-state index contributed by atoms with van der Waals surface area (Å²) in [6.45, 7) is 5.10. The number of nitrogens with zero attached hydrogens (tertiary/aromatic N) is 1. The molecule has 1 aliphatic rings. The van der Waals surface area contributed by atoms with Gasteiger partial charge in [-0.25, -0.2) is 8.78 Å². The first kappa shape index (κ1) is 19.8. The number of aryl methyl sites for hydroxylation is 1. The highest BCUT2D eigenvalue weighted by atomic mass is 32.2. The summed E-state index contributed by atoms with van der Waals surface area (Å²) >= 11 is 1.99. The molecule has 1 amide bonds. The van der Waals surface area contributed by atoms with Crippen LogP contribution >= 0.6 is 11.8 Å². The Labute approximate surface area is 163 Å². The largest absolute Gasteiger partial charge is 0.326 e. The Kier molecular flexibility index (Phi) is 6.85. The highest BCUT2D eigenvalue weighted by Gasteiger charge is 2.14. The predicted octanol–water partition coefficient (Wildman–Crippen LogP) is 4.39. The molecule has 3 nitrogen and oxygen atoms in total. The SMILES string of the molecule is Cc1c(CN2CCSCC2)cccc1NC(=O)CCc1ccc(F)c(F)c1. The molecule has 0 aromatic heterocycles. The number of thioether (sulfide) groups is 1. The summed E-state index contributed by atoms with van der Waals surface area (Å²) in [5.41, 5.74) is 3.73. The molecule has 1 heterocycles. The van der Waals surface area contributed by atoms with Crippen LogP contribution in [0.3, 0.4) is 0 Å². The maximum absolute atomic E-state index is 13.3. The van der Waals surface area contributed by atoms with Gasteiger partial charge in [0, 0.05) is 43.2 Å². The molecule has 1 fully saturated rings. The van der Waals surface area contributed by atoms with Gasteiger partial charge in [0.25, 0.3) is 0 Å². The summed E-state index contributed by atoms with van der Waals surface area (Å²) in [5.74, 6) is 0.448. The number of hydrogen-bond acceptors (Lipinski definition) is 3. The molecular weight excluding hydrogens is 366 g/mol. The van der Waals surface area contributed by atoms with Crippen molar-refractivity contribution in [2.24, 2.45) is 0 Å². The minimum atomic E-state index is -0.882. The Balaban J connectivity index is 1.58. The molecule has 3 rings (SSSR count). The number of carbonyl (C=O) groups excluding carboxylic acids is 1. The number of hydrogen-bond donors (Lipinski definition) is 1. The average Bonchev–Trinajstić information content (AvgIpc) is 2.67. The molecule has 2 aromatic rings. The van der Waals surface area contributed by atoms with Gasteiger partial charge in [-0.15, -0.1) is 0 Å². The summed E-state index contributed by atoms with van der Waals surface area (Å²) in [4.78, 5) is 14.7. The number of nitrogens with one attached hydrogen (secondary N) is 1. The lowest BCUT2D eigenvalue weighted by Gasteiger charge is -2.27. The third-order valence-electron chi connectivity index (χ3n) is 4.84. The van der Waals surface area contributed by atoms with Crippen LogP contribution in [0.15, 0.2) is 36.4 Å². The van der Waals surface area contributed by atoms with Gasteiger partial charge < -0.3 is 5.32 Å². The van der Waals surface area contributed by atoms with E-state index in [0.717, 1.165) is 43.0 Å². The zero-order chi connectivity index (χ0) is 19.2. The number of benzene rings is 2. The molecular formula is C21H24F2N2OS.